The quantitative estimate of drug-likeness (QED) is 0.132. The van der Waals surface area contributed by atoms with E-state index in [1.807, 2.05) is 0 Å². The number of para-hydroxylation sites is 2. The van der Waals surface area contributed by atoms with Gasteiger partial charge in [-0.3, -0.25) is 9.59 Å². The van der Waals surface area contributed by atoms with Gasteiger partial charge >= 0.3 is 0 Å². The summed E-state index contributed by atoms with van der Waals surface area (Å²) in [6.45, 7) is 0.417. The monoisotopic (exact) mass is 506 g/mol. The normalized spacial score (nSPS) is 11.1. The highest BCUT2D eigenvalue weighted by atomic mass is 19.1. The van der Waals surface area contributed by atoms with E-state index in [4.69, 9.17) is 9.47 Å². The number of hydrogen-bond acceptors (Lipinski definition) is 5. The molecule has 0 saturated carbocycles. The average Bonchev–Trinajstić information content (AvgIpc) is 2.90. The van der Waals surface area contributed by atoms with Gasteiger partial charge in [-0.25, -0.2) is 4.39 Å². The van der Waals surface area contributed by atoms with Crippen LogP contribution < -0.4 is 20.1 Å². The van der Waals surface area contributed by atoms with Gasteiger partial charge in [-0.2, -0.15) is 0 Å². The number of phenols is 1. The highest BCUT2D eigenvalue weighted by Gasteiger charge is 2.13. The molecule has 0 heterocycles. The maximum absolute atomic E-state index is 13.5. The highest BCUT2D eigenvalue weighted by molar-refractivity contribution is 6.24. The lowest BCUT2D eigenvalue weighted by molar-refractivity contribution is -0.117. The molecule has 0 aliphatic carbocycles. The van der Waals surface area contributed by atoms with Gasteiger partial charge in [-0.15, -0.1) is 0 Å². The van der Waals surface area contributed by atoms with Crippen molar-refractivity contribution in [1.82, 2.24) is 5.32 Å². The van der Waals surface area contributed by atoms with Crippen LogP contribution in [0.25, 0.3) is 11.6 Å². The molecule has 0 bridgehead atoms. The van der Waals surface area contributed by atoms with E-state index in [1.165, 1.54) is 18.2 Å². The minimum absolute atomic E-state index is 0.0240. The Bertz CT molecular complexity index is 1220. The Hall–Kier alpha value is -4.33. The lowest BCUT2D eigenvalue weighted by atomic mass is 10.0. The van der Waals surface area contributed by atoms with Crippen LogP contribution in [0.5, 0.6) is 17.2 Å². The van der Waals surface area contributed by atoms with E-state index < -0.39 is 5.82 Å². The molecule has 0 fully saturated rings. The zero-order valence-electron chi connectivity index (χ0n) is 20.9. The van der Waals surface area contributed by atoms with E-state index in [0.717, 1.165) is 6.42 Å². The fraction of sp³-hybridized carbons (Fsp3) is 0.241. The van der Waals surface area contributed by atoms with Crippen molar-refractivity contribution in [3.8, 4) is 17.2 Å². The van der Waals surface area contributed by atoms with Crippen molar-refractivity contribution < 1.29 is 28.6 Å². The summed E-state index contributed by atoms with van der Waals surface area (Å²) in [7, 11) is 3.09. The van der Waals surface area contributed by atoms with Gasteiger partial charge in [0.25, 0.3) is 5.91 Å². The number of carbonyl (C=O) groups excluding carboxylic acids is 2. The molecule has 0 atom stereocenters. The molecule has 3 N–H and O–H groups in total. The first-order valence-corrected chi connectivity index (χ1v) is 12.0. The van der Waals surface area contributed by atoms with E-state index in [9.17, 15) is 19.1 Å². The molecule has 8 heteroatoms. The van der Waals surface area contributed by atoms with Crippen LogP contribution >= 0.6 is 0 Å². The predicted molar refractivity (Wildman–Crippen MR) is 142 cm³/mol. The van der Waals surface area contributed by atoms with Gasteiger partial charge < -0.3 is 25.2 Å². The van der Waals surface area contributed by atoms with Gasteiger partial charge in [-0.1, -0.05) is 30.7 Å². The molecule has 37 heavy (non-hydrogen) atoms. The number of halogens is 1. The van der Waals surface area contributed by atoms with Crippen LogP contribution in [0.1, 0.15) is 36.8 Å². The molecule has 7 nitrogen and oxygen atoms in total. The number of benzene rings is 3. The Kier molecular flexibility index (Phi) is 10.1. The number of nitrogens with one attached hydrogen (secondary N) is 2. The minimum atomic E-state index is -0.391. The summed E-state index contributed by atoms with van der Waals surface area (Å²) < 4.78 is 24.1. The molecule has 0 aromatic heterocycles. The number of hydrogen-bond donors (Lipinski definition) is 3. The minimum Gasteiger partial charge on any atom is -0.506 e. The van der Waals surface area contributed by atoms with Crippen LogP contribution in [-0.2, 0) is 9.59 Å². The molecule has 194 valence electrons. The molecule has 0 aliphatic heterocycles. The van der Waals surface area contributed by atoms with Gasteiger partial charge in [0.15, 0.2) is 0 Å². The fourth-order valence-corrected chi connectivity index (χ4v) is 3.67. The standard InChI is InChI=1S/C29H31FN2O5/c1-36-23-16-20(17-24(19-23)37-2)18-25(21-11-13-22(30)14-12-21)29(35)31-15-7-3-4-10-28(34)32-26-8-5-6-9-27(26)33/h5-6,8-9,11-14,16-19,33H,3-4,7,10,15H2,1-2H3,(H,31,35)(H,32,34)/b25-18-. The zero-order valence-corrected chi connectivity index (χ0v) is 20.9. The molecular formula is C29H31FN2O5. The molecule has 0 spiro atoms. The van der Waals surface area contributed by atoms with Crippen LogP contribution in [-0.4, -0.2) is 37.7 Å². The third-order valence-electron chi connectivity index (χ3n) is 5.63. The number of methoxy groups -OCH3 is 2. The van der Waals surface area contributed by atoms with Gasteiger partial charge in [0.1, 0.15) is 23.1 Å². The Labute approximate surface area is 215 Å². The van der Waals surface area contributed by atoms with Crippen molar-refractivity contribution in [2.45, 2.75) is 25.7 Å². The Balaban J connectivity index is 1.58. The molecule has 2 amide bonds. The number of amides is 2. The maximum atomic E-state index is 13.5. The number of unbranched alkanes of at least 4 members (excludes halogenated alkanes) is 2. The molecule has 3 aromatic carbocycles. The van der Waals surface area contributed by atoms with E-state index in [1.54, 1.807) is 68.8 Å². The van der Waals surface area contributed by atoms with Gasteiger partial charge in [0.05, 0.1) is 19.9 Å². The van der Waals surface area contributed by atoms with E-state index in [2.05, 4.69) is 10.6 Å². The van der Waals surface area contributed by atoms with E-state index >= 15 is 0 Å². The summed E-state index contributed by atoms with van der Waals surface area (Å²) in [5.74, 6) is 0.312. The Morgan fingerprint density at radius 1 is 0.919 bits per heavy atom. The van der Waals surface area contributed by atoms with E-state index in [0.29, 0.717) is 59.7 Å². The topological polar surface area (TPSA) is 96.9 Å². The SMILES string of the molecule is COc1cc(/C=C(\C(=O)NCCCCCC(=O)Nc2ccccc2O)c2ccc(F)cc2)cc(OC)c1. The predicted octanol–water partition coefficient (Wildman–Crippen LogP) is 5.40. The smallest absolute Gasteiger partial charge is 0.251 e. The Morgan fingerprint density at radius 3 is 2.24 bits per heavy atom. The first kappa shape index (κ1) is 27.3. The van der Waals surface area contributed by atoms with Gasteiger partial charge in [-0.05, 0) is 66.4 Å². The van der Waals surface area contributed by atoms with Gasteiger partial charge in [0.2, 0.25) is 5.91 Å². The van der Waals surface area contributed by atoms with Crippen molar-refractivity contribution in [3.05, 3.63) is 83.7 Å². The number of ether oxygens (including phenoxy) is 2. The molecule has 0 aliphatic rings. The van der Waals surface area contributed by atoms with Crippen molar-refractivity contribution in [2.24, 2.45) is 0 Å². The van der Waals surface area contributed by atoms with Crippen molar-refractivity contribution in [1.29, 1.82) is 0 Å². The first-order chi connectivity index (χ1) is 17.9. The van der Waals surface area contributed by atoms with Crippen LogP contribution in [0.3, 0.4) is 0 Å². The molecule has 0 unspecified atom stereocenters. The lowest BCUT2D eigenvalue weighted by Gasteiger charge is -2.11. The molecule has 0 radical (unpaired) electrons. The molecule has 3 aromatic rings. The summed E-state index contributed by atoms with van der Waals surface area (Å²) in [6, 6.07) is 17.6. The third-order valence-corrected chi connectivity index (χ3v) is 5.63. The summed E-state index contributed by atoms with van der Waals surface area (Å²) >= 11 is 0. The summed E-state index contributed by atoms with van der Waals surface area (Å²) in [5.41, 5.74) is 2.02. The second-order valence-electron chi connectivity index (χ2n) is 8.34. The number of anilines is 1. The second-order valence-corrected chi connectivity index (χ2v) is 8.34. The summed E-state index contributed by atoms with van der Waals surface area (Å²) in [6.07, 6.45) is 4.06. The average molecular weight is 507 g/mol. The number of carbonyl (C=O) groups is 2. The molecule has 0 saturated heterocycles. The Morgan fingerprint density at radius 2 is 1.59 bits per heavy atom. The van der Waals surface area contributed by atoms with Crippen molar-refractivity contribution >= 4 is 29.2 Å². The van der Waals surface area contributed by atoms with Gasteiger partial charge in [0, 0.05) is 24.6 Å². The summed E-state index contributed by atoms with van der Waals surface area (Å²) in [4.78, 5) is 25.2. The number of aromatic hydroxyl groups is 1. The number of phenolic OH excluding ortho intramolecular Hbond substituents is 1. The zero-order chi connectivity index (χ0) is 26.6. The van der Waals surface area contributed by atoms with Crippen molar-refractivity contribution in [3.63, 3.8) is 0 Å². The second kappa shape index (κ2) is 13.7. The largest absolute Gasteiger partial charge is 0.506 e. The number of rotatable bonds is 12. The van der Waals surface area contributed by atoms with Crippen LogP contribution in [0.2, 0.25) is 0 Å². The first-order valence-electron chi connectivity index (χ1n) is 12.0. The summed E-state index contributed by atoms with van der Waals surface area (Å²) in [5, 5.41) is 15.3. The highest BCUT2D eigenvalue weighted by Crippen LogP contribution is 2.27. The molecule has 3 rings (SSSR count). The van der Waals surface area contributed by atoms with Crippen LogP contribution in [0.15, 0.2) is 66.7 Å². The molecular weight excluding hydrogens is 475 g/mol. The third kappa shape index (κ3) is 8.38. The van der Waals surface area contributed by atoms with Crippen molar-refractivity contribution in [2.75, 3.05) is 26.1 Å². The van der Waals surface area contributed by atoms with Crippen LogP contribution in [0.4, 0.5) is 10.1 Å². The van der Waals surface area contributed by atoms with Crippen LogP contribution in [0, 0.1) is 5.82 Å². The van der Waals surface area contributed by atoms with E-state index in [-0.39, 0.29) is 17.6 Å². The maximum Gasteiger partial charge on any atom is 0.251 e. The lowest BCUT2D eigenvalue weighted by Crippen LogP contribution is -2.25. The fourth-order valence-electron chi connectivity index (χ4n) is 3.67.